The van der Waals surface area contributed by atoms with Gasteiger partial charge < -0.3 is 19.4 Å². The van der Waals surface area contributed by atoms with Gasteiger partial charge in [-0.2, -0.15) is 0 Å². The van der Waals surface area contributed by atoms with E-state index in [1.165, 1.54) is 0 Å². The summed E-state index contributed by atoms with van der Waals surface area (Å²) in [5.41, 5.74) is 2.70. The number of esters is 1. The van der Waals surface area contributed by atoms with Gasteiger partial charge in [0, 0.05) is 69.3 Å². The maximum absolute atomic E-state index is 13.1. The lowest BCUT2D eigenvalue weighted by molar-refractivity contribution is -0.149. The standard InChI is InChI=1S/C28H37N5O4S/c1-4-24-17-25(32-15-13-31(14-16-32)20(3)34)30-28(29-24)38-19-21-8-10-22(11-9-21)26(35)33-12-6-7-23(18-33)27(36)37-5-2/h8-11,17,23H,4-7,12-16,18-19H2,1-3H3/t23-/m1/s1. The van der Waals surface area contributed by atoms with Crippen LogP contribution in [-0.4, -0.2) is 83.4 Å². The van der Waals surface area contributed by atoms with E-state index in [0.717, 1.165) is 54.6 Å². The zero-order valence-electron chi connectivity index (χ0n) is 22.5. The number of benzene rings is 1. The van der Waals surface area contributed by atoms with Gasteiger partial charge in [-0.1, -0.05) is 30.8 Å². The first kappa shape index (κ1) is 27.9. The topological polar surface area (TPSA) is 95.9 Å². The van der Waals surface area contributed by atoms with Crippen molar-refractivity contribution < 1.29 is 19.1 Å². The fourth-order valence-corrected chi connectivity index (χ4v) is 5.63. The van der Waals surface area contributed by atoms with E-state index < -0.39 is 0 Å². The lowest BCUT2D eigenvalue weighted by atomic mass is 9.97. The van der Waals surface area contributed by atoms with Crippen LogP contribution in [0, 0.1) is 5.92 Å². The van der Waals surface area contributed by atoms with Crippen molar-refractivity contribution in [2.24, 2.45) is 5.92 Å². The molecule has 2 saturated heterocycles. The van der Waals surface area contributed by atoms with Crippen LogP contribution in [0.3, 0.4) is 0 Å². The summed E-state index contributed by atoms with van der Waals surface area (Å²) in [4.78, 5) is 52.2. The molecule has 0 saturated carbocycles. The predicted octanol–water partition coefficient (Wildman–Crippen LogP) is 3.42. The highest BCUT2D eigenvalue weighted by Crippen LogP contribution is 2.25. The highest BCUT2D eigenvalue weighted by Gasteiger charge is 2.29. The van der Waals surface area contributed by atoms with Crippen molar-refractivity contribution >= 4 is 35.4 Å². The lowest BCUT2D eigenvalue weighted by Gasteiger charge is -2.35. The Hall–Kier alpha value is -3.14. The molecule has 10 heteroatoms. The molecule has 9 nitrogen and oxygen atoms in total. The fraction of sp³-hybridized carbons (Fsp3) is 0.536. The number of piperazine rings is 1. The summed E-state index contributed by atoms with van der Waals surface area (Å²) in [7, 11) is 0. The number of rotatable bonds is 8. The number of hydrogen-bond donors (Lipinski definition) is 0. The quantitative estimate of drug-likeness (QED) is 0.286. The molecule has 1 aromatic heterocycles. The van der Waals surface area contributed by atoms with Crippen molar-refractivity contribution in [3.63, 3.8) is 0 Å². The van der Waals surface area contributed by atoms with Crippen molar-refractivity contribution in [3.05, 3.63) is 47.2 Å². The summed E-state index contributed by atoms with van der Waals surface area (Å²) in [6.07, 6.45) is 2.38. The van der Waals surface area contributed by atoms with Gasteiger partial charge in [0.25, 0.3) is 5.91 Å². The van der Waals surface area contributed by atoms with Crippen LogP contribution in [0.1, 0.15) is 55.2 Å². The van der Waals surface area contributed by atoms with Gasteiger partial charge >= 0.3 is 5.97 Å². The fourth-order valence-electron chi connectivity index (χ4n) is 4.81. The Morgan fingerprint density at radius 2 is 1.74 bits per heavy atom. The smallest absolute Gasteiger partial charge is 0.310 e. The molecule has 2 fully saturated rings. The van der Waals surface area contributed by atoms with E-state index >= 15 is 0 Å². The molecular weight excluding hydrogens is 502 g/mol. The Morgan fingerprint density at radius 1 is 1.00 bits per heavy atom. The summed E-state index contributed by atoms with van der Waals surface area (Å²) in [6, 6.07) is 9.70. The van der Waals surface area contributed by atoms with Gasteiger partial charge in [-0.05, 0) is 43.9 Å². The highest BCUT2D eigenvalue weighted by molar-refractivity contribution is 7.98. The molecule has 0 aliphatic carbocycles. The molecule has 1 aromatic carbocycles. The van der Waals surface area contributed by atoms with Crippen molar-refractivity contribution in [1.82, 2.24) is 19.8 Å². The number of hydrogen-bond acceptors (Lipinski definition) is 8. The third kappa shape index (κ3) is 7.03. The SMILES string of the molecule is CCOC(=O)[C@@H]1CCCN(C(=O)c2ccc(CSc3nc(CC)cc(N4CCN(C(C)=O)CC4)n3)cc2)C1. The van der Waals surface area contributed by atoms with E-state index in [-0.39, 0.29) is 23.7 Å². The first-order valence-corrected chi connectivity index (χ1v) is 14.4. The van der Waals surface area contributed by atoms with Gasteiger partial charge in [0.2, 0.25) is 5.91 Å². The summed E-state index contributed by atoms with van der Waals surface area (Å²) < 4.78 is 5.16. The number of aromatic nitrogens is 2. The van der Waals surface area contributed by atoms with Crippen molar-refractivity contribution in [3.8, 4) is 0 Å². The van der Waals surface area contributed by atoms with Crippen molar-refractivity contribution in [1.29, 1.82) is 0 Å². The number of likely N-dealkylation sites (tertiary alicyclic amines) is 1. The van der Waals surface area contributed by atoms with Crippen LogP contribution in [0.2, 0.25) is 0 Å². The van der Waals surface area contributed by atoms with Crippen LogP contribution in [0.15, 0.2) is 35.5 Å². The molecule has 0 spiro atoms. The maximum atomic E-state index is 13.1. The molecule has 3 heterocycles. The summed E-state index contributed by atoms with van der Waals surface area (Å²) in [5, 5.41) is 0.729. The molecule has 1 atom stereocenters. The van der Waals surface area contributed by atoms with Crippen LogP contribution in [-0.2, 0) is 26.5 Å². The molecule has 0 unspecified atom stereocenters. The van der Waals surface area contributed by atoms with E-state index in [1.54, 1.807) is 30.5 Å². The number of aryl methyl sites for hydroxylation is 1. The highest BCUT2D eigenvalue weighted by atomic mass is 32.2. The molecule has 2 aromatic rings. The molecule has 4 rings (SSSR count). The predicted molar refractivity (Wildman–Crippen MR) is 147 cm³/mol. The van der Waals surface area contributed by atoms with Crippen LogP contribution in [0.4, 0.5) is 5.82 Å². The Labute approximate surface area is 228 Å². The van der Waals surface area contributed by atoms with E-state index in [9.17, 15) is 14.4 Å². The first-order chi connectivity index (χ1) is 18.4. The molecule has 0 radical (unpaired) electrons. The minimum atomic E-state index is -0.245. The minimum absolute atomic E-state index is 0.0494. The van der Waals surface area contributed by atoms with Crippen molar-refractivity contribution in [2.75, 3.05) is 50.8 Å². The van der Waals surface area contributed by atoms with Gasteiger partial charge in [0.05, 0.1) is 12.5 Å². The Kier molecular flexibility index (Phi) is 9.60. The Balaban J connectivity index is 1.35. The summed E-state index contributed by atoms with van der Waals surface area (Å²) in [6.45, 7) is 9.85. The van der Waals surface area contributed by atoms with E-state index in [2.05, 4.69) is 11.8 Å². The van der Waals surface area contributed by atoms with Gasteiger partial charge in [-0.15, -0.1) is 0 Å². The number of anilines is 1. The van der Waals surface area contributed by atoms with Crippen LogP contribution in [0.5, 0.6) is 0 Å². The third-order valence-corrected chi connectivity index (χ3v) is 7.97. The second-order valence-electron chi connectivity index (χ2n) is 9.67. The molecule has 0 N–H and O–H groups in total. The molecular formula is C28H37N5O4S. The van der Waals surface area contributed by atoms with E-state index in [0.29, 0.717) is 44.1 Å². The zero-order chi connectivity index (χ0) is 27.1. The number of thioether (sulfide) groups is 1. The molecule has 38 heavy (non-hydrogen) atoms. The second-order valence-corrected chi connectivity index (χ2v) is 10.6. The number of carbonyl (C=O) groups excluding carboxylic acids is 3. The zero-order valence-corrected chi connectivity index (χ0v) is 23.3. The van der Waals surface area contributed by atoms with Gasteiger partial charge in [-0.3, -0.25) is 14.4 Å². The molecule has 2 aliphatic rings. The molecule has 204 valence electrons. The van der Waals surface area contributed by atoms with Gasteiger partial charge in [0.15, 0.2) is 5.16 Å². The molecule has 2 amide bonds. The van der Waals surface area contributed by atoms with Gasteiger partial charge in [0.1, 0.15) is 5.82 Å². The number of ether oxygens (including phenoxy) is 1. The maximum Gasteiger partial charge on any atom is 0.310 e. The van der Waals surface area contributed by atoms with Gasteiger partial charge in [-0.25, -0.2) is 9.97 Å². The Bertz CT molecular complexity index is 1130. The van der Waals surface area contributed by atoms with E-state index in [1.807, 2.05) is 35.2 Å². The Morgan fingerprint density at radius 3 is 2.39 bits per heavy atom. The monoisotopic (exact) mass is 539 g/mol. The van der Waals surface area contributed by atoms with Crippen LogP contribution in [0.25, 0.3) is 0 Å². The normalized spacial score (nSPS) is 17.9. The van der Waals surface area contributed by atoms with Crippen LogP contribution < -0.4 is 4.90 Å². The summed E-state index contributed by atoms with van der Waals surface area (Å²) >= 11 is 1.58. The summed E-state index contributed by atoms with van der Waals surface area (Å²) in [5.74, 6) is 1.20. The minimum Gasteiger partial charge on any atom is -0.466 e. The number of carbonyl (C=O) groups is 3. The van der Waals surface area contributed by atoms with E-state index in [4.69, 9.17) is 14.7 Å². The molecule has 0 bridgehead atoms. The first-order valence-electron chi connectivity index (χ1n) is 13.4. The third-order valence-electron chi connectivity index (χ3n) is 7.05. The lowest BCUT2D eigenvalue weighted by Crippen LogP contribution is -2.48. The largest absolute Gasteiger partial charge is 0.466 e. The number of amides is 2. The van der Waals surface area contributed by atoms with Crippen molar-refractivity contribution in [2.45, 2.75) is 50.9 Å². The number of nitrogens with zero attached hydrogens (tertiary/aromatic N) is 5. The molecule has 2 aliphatic heterocycles. The average molecular weight is 540 g/mol. The second kappa shape index (κ2) is 13.1. The van der Waals surface area contributed by atoms with Crippen LogP contribution >= 0.6 is 11.8 Å². The number of piperidine rings is 1. The average Bonchev–Trinajstić information content (AvgIpc) is 2.96.